The first-order valence-electron chi connectivity index (χ1n) is 27.7. The lowest BCUT2D eigenvalue weighted by Crippen LogP contribution is -2.60. The van der Waals surface area contributed by atoms with Gasteiger partial charge in [0.15, 0.2) is 6.29 Å². The van der Waals surface area contributed by atoms with Crippen molar-refractivity contribution in [3.05, 3.63) is 70.0 Å². The van der Waals surface area contributed by atoms with E-state index >= 15 is 4.39 Å². The van der Waals surface area contributed by atoms with Crippen molar-refractivity contribution in [2.45, 2.75) is 173 Å². The number of anilines is 1. The van der Waals surface area contributed by atoms with Gasteiger partial charge in [-0.3, -0.25) is 33.9 Å². The number of carbonyl (C=O) groups excluding carboxylic acids is 4. The van der Waals surface area contributed by atoms with E-state index in [2.05, 4.69) is 9.88 Å². The van der Waals surface area contributed by atoms with Crippen LogP contribution in [0.25, 0.3) is 10.9 Å². The average Bonchev–Trinajstić information content (AvgIpc) is 4.40. The number of halogens is 1. The van der Waals surface area contributed by atoms with Crippen LogP contribution in [0.1, 0.15) is 116 Å². The van der Waals surface area contributed by atoms with Crippen molar-refractivity contribution in [3.63, 3.8) is 0 Å². The van der Waals surface area contributed by atoms with Crippen LogP contribution in [-0.2, 0) is 44.5 Å². The number of hydrogen-bond acceptors (Lipinski definition) is 18. The Labute approximate surface area is 457 Å². The van der Waals surface area contributed by atoms with E-state index in [0.717, 1.165) is 12.8 Å². The number of benzene rings is 1. The van der Waals surface area contributed by atoms with Crippen LogP contribution in [-0.4, -0.2) is 190 Å². The second-order valence-electron chi connectivity index (χ2n) is 23.3. The van der Waals surface area contributed by atoms with E-state index in [9.17, 15) is 39.3 Å². The molecule has 3 aromatic rings. The van der Waals surface area contributed by atoms with E-state index in [1.54, 1.807) is 65.1 Å². The van der Waals surface area contributed by atoms with Crippen molar-refractivity contribution in [2.24, 2.45) is 23.5 Å². The predicted molar refractivity (Wildman–Crippen MR) is 289 cm³/mol. The monoisotopic (exact) mass is 1090 g/mol. The number of hydrogen-bond donors (Lipinski definition) is 4. The zero-order valence-electron chi connectivity index (χ0n) is 47.3. The molecular formula is C57H84FN7O13. The summed E-state index contributed by atoms with van der Waals surface area (Å²) in [7, 11) is 5.50. The Balaban J connectivity index is 1.20. The molecule has 20 nitrogen and oxygen atoms in total. The minimum Gasteiger partial charge on any atom is -0.461 e. The number of aromatic nitrogens is 2. The smallest absolute Gasteiger partial charge is 0.312 e. The van der Waals surface area contributed by atoms with Gasteiger partial charge in [-0.15, -0.1) is 0 Å². The third kappa shape index (κ3) is 13.7. The molecule has 4 fully saturated rings. The van der Waals surface area contributed by atoms with Gasteiger partial charge in [-0.2, -0.15) is 0 Å². The number of esters is 3. The highest BCUT2D eigenvalue weighted by Crippen LogP contribution is 2.41. The maximum atomic E-state index is 16.0. The largest absolute Gasteiger partial charge is 0.461 e. The number of primary amides is 1. The number of aliphatic hydroxyl groups excluding tert-OH is 2. The van der Waals surface area contributed by atoms with E-state index in [1.807, 2.05) is 54.3 Å². The number of pyridine rings is 2. The summed E-state index contributed by atoms with van der Waals surface area (Å²) in [6.45, 7) is 16.1. The predicted octanol–water partition coefficient (Wildman–Crippen LogP) is 3.82. The lowest BCUT2D eigenvalue weighted by Gasteiger charge is -2.48. The first-order chi connectivity index (χ1) is 36.7. The molecule has 1 aromatic carbocycles. The van der Waals surface area contributed by atoms with Gasteiger partial charge in [0.2, 0.25) is 5.43 Å². The molecule has 2 aromatic heterocycles. The van der Waals surface area contributed by atoms with Gasteiger partial charge >= 0.3 is 17.9 Å². The number of carbonyl (C=O) groups is 4. The topological polar surface area (TPSA) is 249 Å². The number of fused-ring (bicyclic) bond motifs is 1. The van der Waals surface area contributed by atoms with E-state index in [1.165, 1.54) is 19.2 Å². The van der Waals surface area contributed by atoms with Crippen LogP contribution < -0.4 is 16.1 Å². The highest BCUT2D eigenvalue weighted by molar-refractivity contribution is 5.97. The van der Waals surface area contributed by atoms with Crippen LogP contribution in [0.5, 0.6) is 0 Å². The first kappa shape index (κ1) is 60.5. The lowest BCUT2D eigenvalue weighted by atomic mass is 9.77. The maximum Gasteiger partial charge on any atom is 0.312 e. The molecule has 3 aliphatic heterocycles. The van der Waals surface area contributed by atoms with Crippen LogP contribution in [0.3, 0.4) is 0 Å². The number of aliphatic hydroxyl groups is 3. The van der Waals surface area contributed by atoms with Crippen LogP contribution in [0.2, 0.25) is 0 Å². The number of amides is 1. The van der Waals surface area contributed by atoms with Gasteiger partial charge in [0.1, 0.15) is 53.1 Å². The SMILES string of the molecule is CC[C@H]1OC(=O)[C@H](C)[C@@H](OC(=O)Cc2ccccn2)[C@H](C)[C@@H](O[C@@H]2O[C@H](C)C[C@H](N(C)C)[C@H]2O)[C@](C)(OC(=O)CCN2CCN(c3cc4c(cc3F)c(=O)c(C(N)=O)cn4C3CC3)CC2)C[C@@H](C)CN(C)[C@H](C)[C@@H](O)[C@]1(C)O. The summed E-state index contributed by atoms with van der Waals surface area (Å²) in [6, 6.07) is 6.99. The van der Waals surface area contributed by atoms with Crippen molar-refractivity contribution in [1.29, 1.82) is 0 Å². The summed E-state index contributed by atoms with van der Waals surface area (Å²) in [5.74, 6) is -6.11. The van der Waals surface area contributed by atoms with Crippen molar-refractivity contribution < 1.29 is 62.6 Å². The van der Waals surface area contributed by atoms with Crippen LogP contribution in [0, 0.1) is 23.6 Å². The molecule has 21 heteroatoms. The standard InChI is InChI=1S/C57H84FN7O13/c1-12-45-57(8,73)51(70)36(6)62(11)30-32(2)29-56(7,78-46(66)18-20-63-21-23-64(24-22-63)43-28-42-39(27-41(43)58)48(68)40(53(59)71)31-65(42)38-16-17-38)52(77-55-49(69)44(61(9)10)25-33(3)74-55)34(4)50(35(5)54(72)75-45)76-47(67)26-37-15-13-14-19-60-37/h13-15,19,27-28,31-36,38,44-45,49-52,55,69-70,73H,12,16-18,20-26,29-30H2,1-11H3,(H2,59,71)/t32-,33-,34+,35-,36-,44+,45-,49-,50+,51-,52-,55+,56-,57-/m1/s1. The van der Waals surface area contributed by atoms with Crippen molar-refractivity contribution in [2.75, 3.05) is 65.3 Å². The van der Waals surface area contributed by atoms with Gasteiger partial charge in [0, 0.05) is 81.1 Å². The molecule has 1 saturated carbocycles. The minimum atomic E-state index is -1.92. The summed E-state index contributed by atoms with van der Waals surface area (Å²) in [4.78, 5) is 80.8. The molecule has 7 rings (SSSR count). The Morgan fingerprint density at radius 2 is 1.69 bits per heavy atom. The third-order valence-electron chi connectivity index (χ3n) is 16.7. The van der Waals surface area contributed by atoms with E-state index < -0.39 is 107 Å². The Bertz CT molecular complexity index is 2650. The first-order valence-corrected chi connectivity index (χ1v) is 27.7. The van der Waals surface area contributed by atoms with Crippen molar-refractivity contribution >= 4 is 40.4 Å². The molecule has 0 radical (unpaired) electrons. The number of ether oxygens (including phenoxy) is 5. The van der Waals surface area contributed by atoms with Crippen LogP contribution in [0.15, 0.2) is 47.5 Å². The molecule has 0 bridgehead atoms. The Kier molecular flexibility index (Phi) is 19.5. The van der Waals surface area contributed by atoms with Gasteiger partial charge in [-0.1, -0.05) is 26.8 Å². The second kappa shape index (κ2) is 25.1. The fourth-order valence-electron chi connectivity index (χ4n) is 12.1. The quantitative estimate of drug-likeness (QED) is 0.132. The Hall–Kier alpha value is -5.13. The van der Waals surface area contributed by atoms with E-state index in [-0.39, 0.29) is 61.2 Å². The average molecular weight is 1090 g/mol. The molecule has 5 N–H and O–H groups in total. The van der Waals surface area contributed by atoms with Crippen molar-refractivity contribution in [3.8, 4) is 0 Å². The molecule has 1 amide bonds. The summed E-state index contributed by atoms with van der Waals surface area (Å²) in [5.41, 5.74) is 2.50. The van der Waals surface area contributed by atoms with Crippen molar-refractivity contribution in [1.82, 2.24) is 24.3 Å². The number of piperazine rings is 1. The minimum absolute atomic E-state index is 0.0718. The van der Waals surface area contributed by atoms with E-state index in [0.29, 0.717) is 56.0 Å². The Morgan fingerprint density at radius 3 is 2.31 bits per heavy atom. The fourth-order valence-corrected chi connectivity index (χ4v) is 12.1. The molecule has 1 aliphatic carbocycles. The molecular weight excluding hydrogens is 1010 g/mol. The molecule has 4 aliphatic rings. The summed E-state index contributed by atoms with van der Waals surface area (Å²) in [6.07, 6.45) is -2.80. The normalized spacial score (nSPS) is 33.2. The highest BCUT2D eigenvalue weighted by atomic mass is 19.1. The summed E-state index contributed by atoms with van der Waals surface area (Å²) >= 11 is 0. The van der Waals surface area contributed by atoms with Crippen LogP contribution in [0.4, 0.5) is 10.1 Å². The zero-order valence-corrected chi connectivity index (χ0v) is 47.3. The summed E-state index contributed by atoms with van der Waals surface area (Å²) in [5, 5.41) is 35.9. The van der Waals surface area contributed by atoms with Gasteiger partial charge in [-0.25, -0.2) is 4.39 Å². The number of nitrogens with two attached hydrogens (primary N) is 1. The summed E-state index contributed by atoms with van der Waals surface area (Å²) < 4.78 is 50.4. The molecule has 0 spiro atoms. The fraction of sp³-hybridized carbons (Fsp3) is 0.684. The van der Waals surface area contributed by atoms with Gasteiger partial charge in [-0.05, 0) is 118 Å². The maximum absolute atomic E-state index is 16.0. The molecule has 3 saturated heterocycles. The second-order valence-corrected chi connectivity index (χ2v) is 23.3. The number of cyclic esters (lactones) is 1. The molecule has 432 valence electrons. The molecule has 14 atom stereocenters. The number of rotatable bonds is 14. The van der Waals surface area contributed by atoms with E-state index in [4.69, 9.17) is 29.4 Å². The molecule has 0 unspecified atom stereocenters. The molecule has 5 heterocycles. The number of likely N-dealkylation sites (N-methyl/N-ethyl adjacent to an activating group) is 2. The van der Waals surface area contributed by atoms with Crippen LogP contribution >= 0.6 is 0 Å². The highest BCUT2D eigenvalue weighted by Gasteiger charge is 2.53. The van der Waals surface area contributed by atoms with Gasteiger partial charge in [0.05, 0.1) is 41.8 Å². The van der Waals surface area contributed by atoms with Gasteiger partial charge in [0.25, 0.3) is 5.91 Å². The number of nitrogens with zero attached hydrogens (tertiary/aromatic N) is 6. The van der Waals surface area contributed by atoms with Gasteiger partial charge < -0.3 is 64.0 Å². The molecule has 78 heavy (non-hydrogen) atoms. The Morgan fingerprint density at radius 1 is 1.00 bits per heavy atom. The third-order valence-corrected chi connectivity index (χ3v) is 16.7. The zero-order chi connectivity index (χ0) is 57.1. The lowest BCUT2D eigenvalue weighted by molar-refractivity contribution is -0.301.